The second-order valence-electron chi connectivity index (χ2n) is 2.96. The molecule has 1 rings (SSSR count). The summed E-state index contributed by atoms with van der Waals surface area (Å²) in [5, 5.41) is 3.34. The summed E-state index contributed by atoms with van der Waals surface area (Å²) >= 11 is 0. The van der Waals surface area contributed by atoms with E-state index in [-0.39, 0.29) is 0 Å². The summed E-state index contributed by atoms with van der Waals surface area (Å²) in [6.45, 7) is 7.40. The SMILES string of the molecule is CCO[C@@H]1CCNC[C@H]1C. The number of piperidine rings is 1. The molecule has 0 bridgehead atoms. The Hall–Kier alpha value is -0.0800. The van der Waals surface area contributed by atoms with Crippen molar-refractivity contribution >= 4 is 0 Å². The molecule has 10 heavy (non-hydrogen) atoms. The average Bonchev–Trinajstić information content (AvgIpc) is 1.94. The highest BCUT2D eigenvalue weighted by molar-refractivity contribution is 4.74. The number of nitrogens with one attached hydrogen (secondary N) is 1. The van der Waals surface area contributed by atoms with Gasteiger partial charge in [0.2, 0.25) is 0 Å². The number of hydrogen-bond donors (Lipinski definition) is 1. The first kappa shape index (κ1) is 8.02. The van der Waals surface area contributed by atoms with Crippen LogP contribution in [0.2, 0.25) is 0 Å². The van der Waals surface area contributed by atoms with Crippen LogP contribution in [-0.4, -0.2) is 25.8 Å². The van der Waals surface area contributed by atoms with Crippen molar-refractivity contribution in [1.29, 1.82) is 0 Å². The third-order valence-electron chi connectivity index (χ3n) is 2.09. The van der Waals surface area contributed by atoms with E-state index in [0.29, 0.717) is 12.0 Å². The smallest absolute Gasteiger partial charge is 0.0624 e. The second kappa shape index (κ2) is 3.94. The first-order valence-electron chi connectivity index (χ1n) is 4.17. The third kappa shape index (κ3) is 1.96. The monoisotopic (exact) mass is 143 g/mol. The molecule has 2 nitrogen and oxygen atoms in total. The summed E-state index contributed by atoms with van der Waals surface area (Å²) in [6.07, 6.45) is 1.68. The van der Waals surface area contributed by atoms with E-state index in [9.17, 15) is 0 Å². The summed E-state index contributed by atoms with van der Waals surface area (Å²) in [5.74, 6) is 0.689. The van der Waals surface area contributed by atoms with Crippen LogP contribution in [0.15, 0.2) is 0 Å². The molecule has 0 spiro atoms. The van der Waals surface area contributed by atoms with Crippen molar-refractivity contribution in [2.45, 2.75) is 26.4 Å². The van der Waals surface area contributed by atoms with E-state index in [1.165, 1.54) is 6.42 Å². The Kier molecular flexibility index (Phi) is 3.16. The highest BCUT2D eigenvalue weighted by Crippen LogP contribution is 2.13. The van der Waals surface area contributed by atoms with E-state index in [0.717, 1.165) is 19.7 Å². The van der Waals surface area contributed by atoms with Crippen molar-refractivity contribution in [3.63, 3.8) is 0 Å². The Morgan fingerprint density at radius 1 is 1.60 bits per heavy atom. The highest BCUT2D eigenvalue weighted by Gasteiger charge is 2.20. The maximum atomic E-state index is 5.56. The van der Waals surface area contributed by atoms with Gasteiger partial charge in [0.15, 0.2) is 0 Å². The zero-order chi connectivity index (χ0) is 7.40. The molecule has 1 saturated heterocycles. The van der Waals surface area contributed by atoms with Gasteiger partial charge in [-0.25, -0.2) is 0 Å². The zero-order valence-electron chi connectivity index (χ0n) is 6.89. The van der Waals surface area contributed by atoms with Gasteiger partial charge in [-0.2, -0.15) is 0 Å². The van der Waals surface area contributed by atoms with Gasteiger partial charge in [0.1, 0.15) is 0 Å². The standard InChI is InChI=1S/C8H17NO/c1-3-10-8-4-5-9-6-7(8)2/h7-9H,3-6H2,1-2H3/t7-,8-/m1/s1. The minimum atomic E-state index is 0.506. The van der Waals surface area contributed by atoms with Crippen molar-refractivity contribution < 1.29 is 4.74 Å². The predicted octanol–water partition coefficient (Wildman–Crippen LogP) is 1.02. The first-order valence-corrected chi connectivity index (χ1v) is 4.17. The fourth-order valence-electron chi connectivity index (χ4n) is 1.45. The average molecular weight is 143 g/mol. The van der Waals surface area contributed by atoms with Gasteiger partial charge < -0.3 is 10.1 Å². The summed E-state index contributed by atoms with van der Waals surface area (Å²) in [5.41, 5.74) is 0. The summed E-state index contributed by atoms with van der Waals surface area (Å²) in [7, 11) is 0. The van der Waals surface area contributed by atoms with Gasteiger partial charge in [-0.15, -0.1) is 0 Å². The van der Waals surface area contributed by atoms with Gasteiger partial charge in [0.25, 0.3) is 0 Å². The van der Waals surface area contributed by atoms with Crippen LogP contribution in [-0.2, 0) is 4.74 Å². The van der Waals surface area contributed by atoms with Crippen LogP contribution < -0.4 is 5.32 Å². The van der Waals surface area contributed by atoms with Crippen LogP contribution in [0, 0.1) is 5.92 Å². The summed E-state index contributed by atoms with van der Waals surface area (Å²) in [4.78, 5) is 0. The molecule has 0 aromatic rings. The molecule has 0 radical (unpaired) electrons. The van der Waals surface area contributed by atoms with Gasteiger partial charge in [-0.05, 0) is 25.8 Å². The van der Waals surface area contributed by atoms with Crippen LogP contribution in [0.1, 0.15) is 20.3 Å². The third-order valence-corrected chi connectivity index (χ3v) is 2.09. The lowest BCUT2D eigenvalue weighted by Gasteiger charge is -2.28. The van der Waals surface area contributed by atoms with Crippen LogP contribution >= 0.6 is 0 Å². The largest absolute Gasteiger partial charge is 0.378 e. The molecule has 60 valence electrons. The van der Waals surface area contributed by atoms with Gasteiger partial charge >= 0.3 is 0 Å². The summed E-state index contributed by atoms with van der Waals surface area (Å²) in [6, 6.07) is 0. The zero-order valence-corrected chi connectivity index (χ0v) is 6.89. The molecule has 2 atom stereocenters. The molecule has 0 amide bonds. The number of rotatable bonds is 2. The molecule has 1 aliphatic rings. The Balaban J connectivity index is 2.25. The predicted molar refractivity (Wildman–Crippen MR) is 42.1 cm³/mol. The van der Waals surface area contributed by atoms with Crippen molar-refractivity contribution in [2.75, 3.05) is 19.7 Å². The molecule has 0 aliphatic carbocycles. The topological polar surface area (TPSA) is 21.3 Å². The van der Waals surface area contributed by atoms with Crippen LogP contribution in [0.4, 0.5) is 0 Å². The Bertz CT molecular complexity index is 93.3. The Morgan fingerprint density at radius 2 is 2.40 bits per heavy atom. The van der Waals surface area contributed by atoms with E-state index >= 15 is 0 Å². The molecule has 1 N–H and O–H groups in total. The van der Waals surface area contributed by atoms with Crippen molar-refractivity contribution in [3.05, 3.63) is 0 Å². The lowest BCUT2D eigenvalue weighted by molar-refractivity contribution is 0.00817. The molecule has 1 fully saturated rings. The molecular weight excluding hydrogens is 126 g/mol. The Morgan fingerprint density at radius 3 is 3.00 bits per heavy atom. The normalized spacial score (nSPS) is 34.2. The minimum absolute atomic E-state index is 0.506. The molecule has 2 heteroatoms. The molecule has 0 unspecified atom stereocenters. The van der Waals surface area contributed by atoms with Crippen molar-refractivity contribution in [1.82, 2.24) is 5.32 Å². The fraction of sp³-hybridized carbons (Fsp3) is 1.00. The fourth-order valence-corrected chi connectivity index (χ4v) is 1.45. The number of hydrogen-bond acceptors (Lipinski definition) is 2. The van der Waals surface area contributed by atoms with Gasteiger partial charge in [-0.1, -0.05) is 6.92 Å². The quantitative estimate of drug-likeness (QED) is 0.623. The van der Waals surface area contributed by atoms with E-state index in [1.54, 1.807) is 0 Å². The van der Waals surface area contributed by atoms with E-state index in [2.05, 4.69) is 19.2 Å². The van der Waals surface area contributed by atoms with E-state index < -0.39 is 0 Å². The van der Waals surface area contributed by atoms with Crippen molar-refractivity contribution in [2.24, 2.45) is 5.92 Å². The summed E-state index contributed by atoms with van der Waals surface area (Å²) < 4.78 is 5.56. The van der Waals surface area contributed by atoms with Gasteiger partial charge in [0.05, 0.1) is 6.10 Å². The van der Waals surface area contributed by atoms with Crippen LogP contribution in [0.25, 0.3) is 0 Å². The van der Waals surface area contributed by atoms with E-state index in [4.69, 9.17) is 4.74 Å². The van der Waals surface area contributed by atoms with Crippen LogP contribution in [0.5, 0.6) is 0 Å². The minimum Gasteiger partial charge on any atom is -0.378 e. The van der Waals surface area contributed by atoms with Gasteiger partial charge in [-0.3, -0.25) is 0 Å². The number of ether oxygens (including phenoxy) is 1. The lowest BCUT2D eigenvalue weighted by Crippen LogP contribution is -2.39. The van der Waals surface area contributed by atoms with Gasteiger partial charge in [0, 0.05) is 13.2 Å². The highest BCUT2D eigenvalue weighted by atomic mass is 16.5. The van der Waals surface area contributed by atoms with Crippen molar-refractivity contribution in [3.8, 4) is 0 Å². The maximum Gasteiger partial charge on any atom is 0.0624 e. The second-order valence-corrected chi connectivity index (χ2v) is 2.96. The maximum absolute atomic E-state index is 5.56. The molecule has 0 saturated carbocycles. The molecule has 1 heterocycles. The Labute approximate surface area is 63.0 Å². The molecule has 0 aromatic heterocycles. The molecule has 1 aliphatic heterocycles. The first-order chi connectivity index (χ1) is 4.84. The molecule has 0 aromatic carbocycles. The lowest BCUT2D eigenvalue weighted by atomic mass is 9.98. The molecular formula is C8H17NO. The van der Waals surface area contributed by atoms with Crippen LogP contribution in [0.3, 0.4) is 0 Å². The van der Waals surface area contributed by atoms with E-state index in [1.807, 2.05) is 0 Å².